The molecule has 0 amide bonds. The molecule has 3 nitrogen and oxygen atoms in total. The van der Waals surface area contributed by atoms with E-state index < -0.39 is 0 Å². The zero-order chi connectivity index (χ0) is 11.1. The molecule has 0 heterocycles. The van der Waals surface area contributed by atoms with Gasteiger partial charge >= 0.3 is 0 Å². The van der Waals surface area contributed by atoms with Gasteiger partial charge in [-0.15, -0.1) is 0 Å². The first-order chi connectivity index (χ1) is 7.22. The third kappa shape index (κ3) is 4.93. The first-order valence-electron chi connectivity index (χ1n) is 4.76. The van der Waals surface area contributed by atoms with Gasteiger partial charge in [0, 0.05) is 18.0 Å². The van der Waals surface area contributed by atoms with Crippen LogP contribution in [0.5, 0.6) is 0 Å². The van der Waals surface area contributed by atoms with Gasteiger partial charge in [-0.2, -0.15) is 0 Å². The molecular formula is C11H14ClNO2. The molecule has 0 bridgehead atoms. The van der Waals surface area contributed by atoms with Crippen molar-refractivity contribution < 1.29 is 9.53 Å². The van der Waals surface area contributed by atoms with E-state index in [0.29, 0.717) is 24.6 Å². The summed E-state index contributed by atoms with van der Waals surface area (Å²) >= 11 is 5.80. The summed E-state index contributed by atoms with van der Waals surface area (Å²) in [5, 5.41) is 0.642. The lowest BCUT2D eigenvalue weighted by atomic mass is 10.1. The standard InChI is InChI=1S/C11H14ClNO2/c12-10-3-1-2-9(6-10)7-11(14)8-15-5-4-13/h1-3,6H,4-5,7-8,13H2. The molecule has 0 saturated heterocycles. The van der Waals surface area contributed by atoms with E-state index in [-0.39, 0.29) is 12.4 Å². The van der Waals surface area contributed by atoms with Crippen LogP contribution in [0.4, 0.5) is 0 Å². The molecule has 82 valence electrons. The summed E-state index contributed by atoms with van der Waals surface area (Å²) in [6.07, 6.45) is 0.352. The number of hydrogen-bond donors (Lipinski definition) is 1. The van der Waals surface area contributed by atoms with E-state index in [2.05, 4.69) is 0 Å². The maximum Gasteiger partial charge on any atom is 0.162 e. The van der Waals surface area contributed by atoms with Crippen LogP contribution in [0.25, 0.3) is 0 Å². The van der Waals surface area contributed by atoms with Crippen LogP contribution in [0.15, 0.2) is 24.3 Å². The first-order valence-corrected chi connectivity index (χ1v) is 5.14. The predicted octanol–water partition coefficient (Wildman–Crippen LogP) is 1.43. The number of halogens is 1. The average Bonchev–Trinajstić information content (AvgIpc) is 2.18. The number of ether oxygens (including phenoxy) is 1. The molecule has 1 aromatic rings. The van der Waals surface area contributed by atoms with Crippen LogP contribution in [-0.4, -0.2) is 25.5 Å². The van der Waals surface area contributed by atoms with Crippen molar-refractivity contribution in [3.63, 3.8) is 0 Å². The Labute approximate surface area is 94.2 Å². The van der Waals surface area contributed by atoms with E-state index in [1.54, 1.807) is 12.1 Å². The van der Waals surface area contributed by atoms with Gasteiger partial charge in [0.05, 0.1) is 6.61 Å². The van der Waals surface area contributed by atoms with Gasteiger partial charge < -0.3 is 10.5 Å². The maximum atomic E-state index is 11.4. The molecule has 0 saturated carbocycles. The highest BCUT2D eigenvalue weighted by Crippen LogP contribution is 2.11. The van der Waals surface area contributed by atoms with E-state index in [1.807, 2.05) is 12.1 Å². The van der Waals surface area contributed by atoms with Crippen LogP contribution >= 0.6 is 11.6 Å². The number of rotatable bonds is 6. The van der Waals surface area contributed by atoms with Crippen molar-refractivity contribution in [3.8, 4) is 0 Å². The minimum absolute atomic E-state index is 0.0331. The third-order valence-corrected chi connectivity index (χ3v) is 2.05. The number of benzene rings is 1. The minimum atomic E-state index is 0.0331. The van der Waals surface area contributed by atoms with E-state index in [4.69, 9.17) is 22.1 Å². The molecule has 0 atom stereocenters. The summed E-state index contributed by atoms with van der Waals surface area (Å²) in [6, 6.07) is 7.25. The van der Waals surface area contributed by atoms with Gasteiger partial charge in [0.15, 0.2) is 5.78 Å². The molecule has 0 aliphatic carbocycles. The van der Waals surface area contributed by atoms with Crippen LogP contribution in [0.3, 0.4) is 0 Å². The Morgan fingerprint density at radius 2 is 2.27 bits per heavy atom. The van der Waals surface area contributed by atoms with E-state index in [1.165, 1.54) is 0 Å². The van der Waals surface area contributed by atoms with Crippen molar-refractivity contribution in [2.24, 2.45) is 5.73 Å². The number of nitrogens with two attached hydrogens (primary N) is 1. The highest BCUT2D eigenvalue weighted by Gasteiger charge is 2.03. The van der Waals surface area contributed by atoms with E-state index >= 15 is 0 Å². The fourth-order valence-corrected chi connectivity index (χ4v) is 1.41. The molecule has 2 N–H and O–H groups in total. The summed E-state index contributed by atoms with van der Waals surface area (Å²) in [7, 11) is 0. The Bertz CT molecular complexity index is 328. The number of ketones is 1. The molecule has 0 aromatic heterocycles. The Morgan fingerprint density at radius 3 is 2.93 bits per heavy atom. The second kappa shape index (κ2) is 6.56. The Kier molecular flexibility index (Phi) is 5.32. The van der Waals surface area contributed by atoms with Gasteiger partial charge in [-0.25, -0.2) is 0 Å². The van der Waals surface area contributed by atoms with Crippen molar-refractivity contribution in [1.29, 1.82) is 0 Å². The summed E-state index contributed by atoms with van der Waals surface area (Å²) in [4.78, 5) is 11.4. The molecule has 1 aromatic carbocycles. The Balaban J connectivity index is 2.37. The SMILES string of the molecule is NCCOCC(=O)Cc1cccc(Cl)c1. The normalized spacial score (nSPS) is 10.3. The smallest absolute Gasteiger partial charge is 0.162 e. The molecule has 0 aliphatic heterocycles. The van der Waals surface area contributed by atoms with E-state index in [9.17, 15) is 4.79 Å². The monoisotopic (exact) mass is 227 g/mol. The lowest BCUT2D eigenvalue weighted by Crippen LogP contribution is -2.16. The number of hydrogen-bond acceptors (Lipinski definition) is 3. The van der Waals surface area contributed by atoms with Crippen molar-refractivity contribution in [1.82, 2.24) is 0 Å². The largest absolute Gasteiger partial charge is 0.372 e. The fraction of sp³-hybridized carbons (Fsp3) is 0.364. The van der Waals surface area contributed by atoms with Crippen molar-refractivity contribution in [2.75, 3.05) is 19.8 Å². The van der Waals surface area contributed by atoms with Gasteiger partial charge in [-0.1, -0.05) is 23.7 Å². The number of carbonyl (C=O) groups excluding carboxylic acids is 1. The molecule has 0 radical (unpaired) electrons. The van der Waals surface area contributed by atoms with Gasteiger partial charge in [0.2, 0.25) is 0 Å². The van der Waals surface area contributed by atoms with Gasteiger partial charge in [0.1, 0.15) is 6.61 Å². The van der Waals surface area contributed by atoms with Crippen LogP contribution in [0.2, 0.25) is 5.02 Å². The summed E-state index contributed by atoms with van der Waals surface area (Å²) in [5.74, 6) is 0.0331. The molecule has 4 heteroatoms. The lowest BCUT2D eigenvalue weighted by Gasteiger charge is -2.02. The van der Waals surface area contributed by atoms with Crippen molar-refractivity contribution in [3.05, 3.63) is 34.9 Å². The van der Waals surface area contributed by atoms with Crippen LogP contribution < -0.4 is 5.73 Å². The lowest BCUT2D eigenvalue weighted by molar-refractivity contribution is -0.122. The molecule has 0 spiro atoms. The highest BCUT2D eigenvalue weighted by atomic mass is 35.5. The maximum absolute atomic E-state index is 11.4. The van der Waals surface area contributed by atoms with Crippen LogP contribution in [0.1, 0.15) is 5.56 Å². The summed E-state index contributed by atoms with van der Waals surface area (Å²) in [5.41, 5.74) is 6.14. The Hall–Kier alpha value is -0.900. The van der Waals surface area contributed by atoms with Gasteiger partial charge in [0.25, 0.3) is 0 Å². The zero-order valence-corrected chi connectivity index (χ0v) is 9.17. The second-order valence-corrected chi connectivity index (χ2v) is 3.62. The summed E-state index contributed by atoms with van der Waals surface area (Å²) in [6.45, 7) is 0.968. The van der Waals surface area contributed by atoms with Crippen LogP contribution in [-0.2, 0) is 16.0 Å². The molecule has 1 rings (SSSR count). The third-order valence-electron chi connectivity index (χ3n) is 1.82. The second-order valence-electron chi connectivity index (χ2n) is 3.19. The van der Waals surface area contributed by atoms with Gasteiger partial charge in [-0.3, -0.25) is 4.79 Å². The highest BCUT2D eigenvalue weighted by molar-refractivity contribution is 6.30. The van der Waals surface area contributed by atoms with Crippen molar-refractivity contribution in [2.45, 2.75) is 6.42 Å². The molecule has 0 aliphatic rings. The zero-order valence-electron chi connectivity index (χ0n) is 8.41. The number of carbonyl (C=O) groups is 1. The topological polar surface area (TPSA) is 52.3 Å². The van der Waals surface area contributed by atoms with E-state index in [0.717, 1.165) is 5.56 Å². The molecule has 0 unspecified atom stereocenters. The minimum Gasteiger partial charge on any atom is -0.372 e. The first kappa shape index (κ1) is 12.2. The quantitative estimate of drug-likeness (QED) is 0.748. The molecule has 0 fully saturated rings. The van der Waals surface area contributed by atoms with Crippen molar-refractivity contribution >= 4 is 17.4 Å². The summed E-state index contributed by atoms with van der Waals surface area (Å²) < 4.78 is 5.04. The number of Topliss-reactive ketones (excluding diaryl/α,β-unsaturated/α-hetero) is 1. The average molecular weight is 228 g/mol. The fourth-order valence-electron chi connectivity index (χ4n) is 1.19. The van der Waals surface area contributed by atoms with Crippen LogP contribution in [0, 0.1) is 0 Å². The van der Waals surface area contributed by atoms with Gasteiger partial charge in [-0.05, 0) is 17.7 Å². The predicted molar refractivity (Wildman–Crippen MR) is 60.0 cm³/mol. The Morgan fingerprint density at radius 1 is 1.47 bits per heavy atom. The molecular weight excluding hydrogens is 214 g/mol. The molecule has 15 heavy (non-hydrogen) atoms.